The molecule has 2 aliphatic carbocycles. The van der Waals surface area contributed by atoms with Crippen molar-refractivity contribution >= 4 is 17.7 Å². The van der Waals surface area contributed by atoms with Gasteiger partial charge in [0.2, 0.25) is 5.91 Å². The van der Waals surface area contributed by atoms with Gasteiger partial charge in [0, 0.05) is 29.5 Å². The fourth-order valence-corrected chi connectivity index (χ4v) is 6.00. The average Bonchev–Trinajstić information content (AvgIpc) is 2.35. The van der Waals surface area contributed by atoms with Crippen molar-refractivity contribution in [1.29, 1.82) is 0 Å². The smallest absolute Gasteiger partial charge is 0.220 e. The van der Waals surface area contributed by atoms with Crippen molar-refractivity contribution in [3.8, 4) is 0 Å². The lowest BCUT2D eigenvalue weighted by Gasteiger charge is -2.53. The summed E-state index contributed by atoms with van der Waals surface area (Å²) in [6.45, 7) is 1.79. The van der Waals surface area contributed by atoms with E-state index in [0.717, 1.165) is 10.5 Å². The Morgan fingerprint density at radius 3 is 1.88 bits per heavy atom. The van der Waals surface area contributed by atoms with Crippen molar-refractivity contribution in [3.63, 3.8) is 0 Å². The monoisotopic (exact) mass is 253 g/mol. The lowest BCUT2D eigenvalue weighted by atomic mass is 9.87. The highest BCUT2D eigenvalue weighted by Gasteiger charge is 2.45. The number of carbonyl (C=O) groups is 1. The molecule has 1 saturated heterocycles. The van der Waals surface area contributed by atoms with Crippen molar-refractivity contribution in [1.82, 2.24) is 4.90 Å². The van der Waals surface area contributed by atoms with Crippen molar-refractivity contribution < 1.29 is 4.79 Å². The molecular formula is C14H23NOS. The Balaban J connectivity index is 1.85. The van der Waals surface area contributed by atoms with Gasteiger partial charge >= 0.3 is 0 Å². The molecule has 0 radical (unpaired) electrons. The summed E-state index contributed by atoms with van der Waals surface area (Å²) in [6.07, 6.45) is 10.6. The number of hydrogen-bond acceptors (Lipinski definition) is 2. The molecular weight excluding hydrogens is 230 g/mol. The number of fused-ring (bicyclic) bond motifs is 2. The Morgan fingerprint density at radius 1 is 0.941 bits per heavy atom. The van der Waals surface area contributed by atoms with Crippen LogP contribution in [0.3, 0.4) is 0 Å². The predicted octanol–water partition coefficient (Wildman–Crippen LogP) is 3.20. The number of hydrogen-bond donors (Lipinski definition) is 0. The molecule has 1 aliphatic heterocycles. The molecule has 3 rings (SSSR count). The Morgan fingerprint density at radius 2 is 1.41 bits per heavy atom. The van der Waals surface area contributed by atoms with Gasteiger partial charge in [0.25, 0.3) is 0 Å². The second-order valence-electron chi connectivity index (χ2n) is 5.84. The van der Waals surface area contributed by atoms with E-state index in [1.165, 1.54) is 51.4 Å². The summed E-state index contributed by atoms with van der Waals surface area (Å²) < 4.78 is 0. The fourth-order valence-electron chi connectivity index (χ4n) is 4.05. The minimum Gasteiger partial charge on any atom is -0.335 e. The minimum atomic E-state index is 0.332. The first-order chi connectivity index (χ1) is 8.27. The summed E-state index contributed by atoms with van der Waals surface area (Å²) in [5, 5.41) is 1.49. The van der Waals surface area contributed by atoms with E-state index in [1.54, 1.807) is 6.92 Å². The Hall–Kier alpha value is -0.180. The van der Waals surface area contributed by atoms with Gasteiger partial charge in [0.05, 0.1) is 0 Å². The standard InChI is InChI=1S/C14H23NOS/c1-10(16)15-11-6-2-4-8-13(11)17-14-9-5-3-7-12(14)15/h11-14H,2-9H2,1H3/t11?,12?,13-,14?/m0/s1. The van der Waals surface area contributed by atoms with Gasteiger partial charge in [-0.15, -0.1) is 0 Å². The number of nitrogens with zero attached hydrogens (tertiary/aromatic N) is 1. The van der Waals surface area contributed by atoms with Crippen LogP contribution in [0.25, 0.3) is 0 Å². The van der Waals surface area contributed by atoms with Gasteiger partial charge in [-0.25, -0.2) is 0 Å². The van der Waals surface area contributed by atoms with Crippen molar-refractivity contribution in [2.75, 3.05) is 0 Å². The second-order valence-corrected chi connectivity index (χ2v) is 7.33. The SMILES string of the molecule is CC(=O)N1C2CCCCC2S[C@H]2CCCCC21. The van der Waals surface area contributed by atoms with E-state index >= 15 is 0 Å². The van der Waals surface area contributed by atoms with Crippen LogP contribution in [0.5, 0.6) is 0 Å². The van der Waals surface area contributed by atoms with Gasteiger partial charge in [-0.05, 0) is 25.7 Å². The highest BCUT2D eigenvalue weighted by Crippen LogP contribution is 2.46. The molecule has 1 heterocycles. The van der Waals surface area contributed by atoms with Crippen LogP contribution >= 0.6 is 11.8 Å². The van der Waals surface area contributed by atoms with Gasteiger partial charge in [0.15, 0.2) is 0 Å². The maximum atomic E-state index is 12.0. The number of thioether (sulfide) groups is 1. The highest BCUT2D eigenvalue weighted by molar-refractivity contribution is 8.00. The zero-order valence-electron chi connectivity index (χ0n) is 10.7. The maximum Gasteiger partial charge on any atom is 0.220 e. The quantitative estimate of drug-likeness (QED) is 0.661. The van der Waals surface area contributed by atoms with E-state index < -0.39 is 0 Å². The summed E-state index contributed by atoms with van der Waals surface area (Å²) in [5.41, 5.74) is 0. The lowest BCUT2D eigenvalue weighted by molar-refractivity contribution is -0.135. The van der Waals surface area contributed by atoms with Gasteiger partial charge in [0.1, 0.15) is 0 Å². The molecule has 3 fully saturated rings. The number of amides is 1. The molecule has 3 heteroatoms. The molecule has 96 valence electrons. The van der Waals surface area contributed by atoms with Gasteiger partial charge in [-0.2, -0.15) is 11.8 Å². The molecule has 4 atom stereocenters. The molecule has 1 amide bonds. The first-order valence-electron chi connectivity index (χ1n) is 7.22. The van der Waals surface area contributed by atoms with Crippen molar-refractivity contribution in [2.45, 2.75) is 80.9 Å². The molecule has 3 unspecified atom stereocenters. The molecule has 17 heavy (non-hydrogen) atoms. The molecule has 0 spiro atoms. The molecule has 3 aliphatic rings. The van der Waals surface area contributed by atoms with Crippen molar-refractivity contribution in [3.05, 3.63) is 0 Å². The topological polar surface area (TPSA) is 20.3 Å². The Labute approximate surface area is 109 Å². The molecule has 0 aromatic carbocycles. The van der Waals surface area contributed by atoms with E-state index in [9.17, 15) is 4.79 Å². The molecule has 2 saturated carbocycles. The fraction of sp³-hybridized carbons (Fsp3) is 0.929. The number of carbonyl (C=O) groups excluding carboxylic acids is 1. The zero-order chi connectivity index (χ0) is 11.8. The first kappa shape index (κ1) is 11.9. The second kappa shape index (κ2) is 4.83. The summed E-state index contributed by atoms with van der Waals surface area (Å²) in [7, 11) is 0. The predicted molar refractivity (Wildman–Crippen MR) is 72.2 cm³/mol. The first-order valence-corrected chi connectivity index (χ1v) is 8.16. The van der Waals surface area contributed by atoms with E-state index in [0.29, 0.717) is 18.0 Å². The van der Waals surface area contributed by atoms with Crippen LogP contribution in [0.15, 0.2) is 0 Å². The molecule has 0 N–H and O–H groups in total. The van der Waals surface area contributed by atoms with Crippen LogP contribution in [0, 0.1) is 0 Å². The van der Waals surface area contributed by atoms with Crippen LogP contribution in [0.4, 0.5) is 0 Å². The molecule has 0 bridgehead atoms. The van der Waals surface area contributed by atoms with Gasteiger partial charge < -0.3 is 4.90 Å². The van der Waals surface area contributed by atoms with Gasteiger partial charge in [-0.3, -0.25) is 4.79 Å². The maximum absolute atomic E-state index is 12.0. The zero-order valence-corrected chi connectivity index (χ0v) is 11.5. The van der Waals surface area contributed by atoms with Crippen LogP contribution in [0.2, 0.25) is 0 Å². The van der Waals surface area contributed by atoms with Crippen LogP contribution in [-0.4, -0.2) is 33.4 Å². The Bertz CT molecular complexity index is 285. The number of rotatable bonds is 0. The van der Waals surface area contributed by atoms with Crippen LogP contribution < -0.4 is 0 Å². The molecule has 0 aromatic rings. The van der Waals surface area contributed by atoms with E-state index in [1.807, 2.05) is 0 Å². The van der Waals surface area contributed by atoms with Crippen LogP contribution in [-0.2, 0) is 4.79 Å². The third-order valence-electron chi connectivity index (χ3n) is 4.76. The third-order valence-corrected chi connectivity index (χ3v) is 6.56. The summed E-state index contributed by atoms with van der Waals surface area (Å²) in [6, 6.07) is 1.12. The van der Waals surface area contributed by atoms with E-state index in [-0.39, 0.29) is 0 Å². The summed E-state index contributed by atoms with van der Waals surface area (Å²) in [4.78, 5) is 14.3. The largest absolute Gasteiger partial charge is 0.335 e. The molecule has 0 aromatic heterocycles. The van der Waals surface area contributed by atoms with Gasteiger partial charge in [-0.1, -0.05) is 25.7 Å². The average molecular weight is 253 g/mol. The van der Waals surface area contributed by atoms with E-state index in [4.69, 9.17) is 0 Å². The normalized spacial score (nSPS) is 41.6. The van der Waals surface area contributed by atoms with Crippen LogP contribution in [0.1, 0.15) is 58.3 Å². The highest BCUT2D eigenvalue weighted by atomic mass is 32.2. The van der Waals surface area contributed by atoms with Crippen molar-refractivity contribution in [2.24, 2.45) is 0 Å². The van der Waals surface area contributed by atoms with E-state index in [2.05, 4.69) is 16.7 Å². The third kappa shape index (κ3) is 2.11. The summed E-state index contributed by atoms with van der Waals surface area (Å²) >= 11 is 2.23. The lowest BCUT2D eigenvalue weighted by Crippen LogP contribution is -2.60. The molecule has 2 nitrogen and oxygen atoms in total. The summed E-state index contributed by atoms with van der Waals surface area (Å²) in [5.74, 6) is 0.332. The Kier molecular flexibility index (Phi) is 3.38. The minimum absolute atomic E-state index is 0.332.